The van der Waals surface area contributed by atoms with Crippen molar-refractivity contribution in [2.75, 3.05) is 5.32 Å². The highest BCUT2D eigenvalue weighted by Gasteiger charge is 2.18. The van der Waals surface area contributed by atoms with Crippen LogP contribution < -0.4 is 11.1 Å². The van der Waals surface area contributed by atoms with Gasteiger partial charge in [0.25, 0.3) is 0 Å². The summed E-state index contributed by atoms with van der Waals surface area (Å²) < 4.78 is 1.70. The molecule has 0 unspecified atom stereocenters. The van der Waals surface area contributed by atoms with E-state index in [4.69, 9.17) is 5.73 Å². The summed E-state index contributed by atoms with van der Waals surface area (Å²) in [7, 11) is 1.83. The Morgan fingerprint density at radius 2 is 2.20 bits per heavy atom. The molecule has 1 heterocycles. The average molecular weight is 210 g/mol. The van der Waals surface area contributed by atoms with E-state index in [9.17, 15) is 4.79 Å². The Morgan fingerprint density at radius 3 is 2.60 bits per heavy atom. The van der Waals surface area contributed by atoms with E-state index in [0.29, 0.717) is 0 Å². The van der Waals surface area contributed by atoms with Gasteiger partial charge in [0, 0.05) is 7.05 Å². The van der Waals surface area contributed by atoms with Crippen LogP contribution in [0.25, 0.3) is 0 Å². The van der Waals surface area contributed by atoms with Crippen molar-refractivity contribution in [1.82, 2.24) is 9.78 Å². The molecule has 0 aliphatic rings. The van der Waals surface area contributed by atoms with Crippen molar-refractivity contribution in [3.8, 4) is 0 Å². The topological polar surface area (TPSA) is 72.9 Å². The number of rotatable bonds is 3. The SMILES string of the molecule is Cc1c(NC(=O)[C@@H](N)C(C)C)cnn1C. The summed E-state index contributed by atoms with van der Waals surface area (Å²) in [5, 5.41) is 6.80. The lowest BCUT2D eigenvalue weighted by molar-refractivity contribution is -0.118. The first-order valence-electron chi connectivity index (χ1n) is 4.98. The number of amides is 1. The molecule has 1 rings (SSSR count). The van der Waals surface area contributed by atoms with E-state index < -0.39 is 6.04 Å². The molecule has 3 N–H and O–H groups in total. The van der Waals surface area contributed by atoms with Gasteiger partial charge in [-0.1, -0.05) is 13.8 Å². The number of nitrogens with zero attached hydrogens (tertiary/aromatic N) is 2. The predicted octanol–water partition coefficient (Wildman–Crippen LogP) is 0.650. The van der Waals surface area contributed by atoms with Crippen LogP contribution in [0.1, 0.15) is 19.5 Å². The van der Waals surface area contributed by atoms with Crippen molar-refractivity contribution in [2.45, 2.75) is 26.8 Å². The molecule has 0 fully saturated rings. The summed E-state index contributed by atoms with van der Waals surface area (Å²) in [6.07, 6.45) is 1.63. The van der Waals surface area contributed by atoms with E-state index in [1.54, 1.807) is 10.9 Å². The summed E-state index contributed by atoms with van der Waals surface area (Å²) in [5.74, 6) is -0.0388. The van der Waals surface area contributed by atoms with Crippen molar-refractivity contribution in [3.05, 3.63) is 11.9 Å². The number of nitrogens with one attached hydrogen (secondary N) is 1. The minimum absolute atomic E-state index is 0.127. The Balaban J connectivity index is 2.71. The molecule has 15 heavy (non-hydrogen) atoms. The molecule has 0 spiro atoms. The van der Waals surface area contributed by atoms with E-state index in [-0.39, 0.29) is 11.8 Å². The lowest BCUT2D eigenvalue weighted by atomic mass is 10.1. The second-order valence-corrected chi connectivity index (χ2v) is 4.03. The van der Waals surface area contributed by atoms with Gasteiger partial charge >= 0.3 is 0 Å². The maximum Gasteiger partial charge on any atom is 0.241 e. The van der Waals surface area contributed by atoms with Gasteiger partial charge in [-0.05, 0) is 12.8 Å². The number of aryl methyl sites for hydroxylation is 1. The van der Waals surface area contributed by atoms with Crippen LogP contribution in [0.5, 0.6) is 0 Å². The van der Waals surface area contributed by atoms with Gasteiger partial charge in [0.15, 0.2) is 0 Å². The molecule has 0 aromatic carbocycles. The number of aromatic nitrogens is 2. The monoisotopic (exact) mass is 210 g/mol. The minimum Gasteiger partial charge on any atom is -0.322 e. The smallest absolute Gasteiger partial charge is 0.241 e. The molecule has 84 valence electrons. The highest BCUT2D eigenvalue weighted by atomic mass is 16.2. The molecule has 1 amide bonds. The maximum absolute atomic E-state index is 11.6. The molecule has 0 aliphatic carbocycles. The lowest BCUT2D eigenvalue weighted by Gasteiger charge is -2.14. The first kappa shape index (κ1) is 11.7. The maximum atomic E-state index is 11.6. The quantitative estimate of drug-likeness (QED) is 0.769. The third-order valence-corrected chi connectivity index (χ3v) is 2.51. The van der Waals surface area contributed by atoms with Crippen molar-refractivity contribution < 1.29 is 4.79 Å². The van der Waals surface area contributed by atoms with Gasteiger partial charge in [-0.3, -0.25) is 9.48 Å². The van der Waals surface area contributed by atoms with E-state index >= 15 is 0 Å². The highest BCUT2D eigenvalue weighted by molar-refractivity contribution is 5.95. The molecule has 0 bridgehead atoms. The molecule has 1 aromatic rings. The van der Waals surface area contributed by atoms with Crippen LogP contribution in [0.15, 0.2) is 6.20 Å². The minimum atomic E-state index is -0.482. The Morgan fingerprint density at radius 1 is 1.60 bits per heavy atom. The standard InChI is InChI=1S/C10H18N4O/c1-6(2)9(11)10(15)13-8-5-12-14(4)7(8)3/h5-6,9H,11H2,1-4H3,(H,13,15)/t9-/m0/s1. The van der Waals surface area contributed by atoms with Crippen molar-refractivity contribution in [2.24, 2.45) is 18.7 Å². The second kappa shape index (κ2) is 4.44. The second-order valence-electron chi connectivity index (χ2n) is 4.03. The van der Waals surface area contributed by atoms with Gasteiger partial charge in [-0.2, -0.15) is 5.10 Å². The number of anilines is 1. The largest absolute Gasteiger partial charge is 0.322 e. The van der Waals surface area contributed by atoms with E-state index in [1.807, 2.05) is 27.8 Å². The fraction of sp³-hybridized carbons (Fsp3) is 0.600. The number of nitrogens with two attached hydrogens (primary N) is 1. The first-order chi connectivity index (χ1) is 6.93. The van der Waals surface area contributed by atoms with Crippen molar-refractivity contribution in [3.63, 3.8) is 0 Å². The molecule has 5 nitrogen and oxygen atoms in total. The van der Waals surface area contributed by atoms with Gasteiger partial charge < -0.3 is 11.1 Å². The third-order valence-electron chi connectivity index (χ3n) is 2.51. The molecule has 1 atom stereocenters. The molecule has 5 heteroatoms. The number of hydrogen-bond donors (Lipinski definition) is 2. The van der Waals surface area contributed by atoms with Crippen molar-refractivity contribution >= 4 is 11.6 Å². The van der Waals surface area contributed by atoms with Crippen LogP contribution in [-0.2, 0) is 11.8 Å². The van der Waals surface area contributed by atoms with E-state index in [1.165, 1.54) is 0 Å². The van der Waals surface area contributed by atoms with Crippen LogP contribution in [0.2, 0.25) is 0 Å². The number of hydrogen-bond acceptors (Lipinski definition) is 3. The van der Waals surface area contributed by atoms with Gasteiger partial charge in [0.1, 0.15) is 0 Å². The summed E-state index contributed by atoms with van der Waals surface area (Å²) >= 11 is 0. The Labute approximate surface area is 89.6 Å². The Hall–Kier alpha value is -1.36. The summed E-state index contributed by atoms with van der Waals surface area (Å²) in [4.78, 5) is 11.6. The Bertz CT molecular complexity index is 356. The number of carbonyl (C=O) groups is 1. The zero-order chi connectivity index (χ0) is 11.6. The molecule has 0 saturated carbocycles. The summed E-state index contributed by atoms with van der Waals surface area (Å²) in [6, 6.07) is -0.482. The first-order valence-corrected chi connectivity index (χ1v) is 4.98. The average Bonchev–Trinajstić information content (AvgIpc) is 2.48. The van der Waals surface area contributed by atoms with Gasteiger partial charge in [-0.15, -0.1) is 0 Å². The highest BCUT2D eigenvalue weighted by Crippen LogP contribution is 2.13. The number of carbonyl (C=O) groups excluding carboxylic acids is 1. The van der Waals surface area contributed by atoms with Crippen LogP contribution in [0, 0.1) is 12.8 Å². The normalized spacial score (nSPS) is 12.9. The van der Waals surface area contributed by atoms with Crippen LogP contribution >= 0.6 is 0 Å². The third kappa shape index (κ3) is 2.56. The molecular formula is C10H18N4O. The van der Waals surface area contributed by atoms with Gasteiger partial charge in [0.2, 0.25) is 5.91 Å². The van der Waals surface area contributed by atoms with Crippen LogP contribution in [0.4, 0.5) is 5.69 Å². The molecule has 0 aliphatic heterocycles. The lowest BCUT2D eigenvalue weighted by Crippen LogP contribution is -2.39. The summed E-state index contributed by atoms with van der Waals surface area (Å²) in [5.41, 5.74) is 7.36. The summed E-state index contributed by atoms with van der Waals surface area (Å²) in [6.45, 7) is 5.73. The fourth-order valence-corrected chi connectivity index (χ4v) is 1.14. The zero-order valence-electron chi connectivity index (χ0n) is 9.61. The molecule has 0 radical (unpaired) electrons. The Kier molecular flexibility index (Phi) is 3.47. The predicted molar refractivity (Wildman–Crippen MR) is 59.4 cm³/mol. The van der Waals surface area contributed by atoms with E-state index in [2.05, 4.69) is 10.4 Å². The fourth-order valence-electron chi connectivity index (χ4n) is 1.14. The van der Waals surface area contributed by atoms with Crippen LogP contribution in [-0.4, -0.2) is 21.7 Å². The molecule has 1 aromatic heterocycles. The van der Waals surface area contributed by atoms with Gasteiger partial charge in [0.05, 0.1) is 23.6 Å². The van der Waals surface area contributed by atoms with Crippen molar-refractivity contribution in [1.29, 1.82) is 0 Å². The zero-order valence-corrected chi connectivity index (χ0v) is 9.61. The molecule has 0 saturated heterocycles. The van der Waals surface area contributed by atoms with E-state index in [0.717, 1.165) is 11.4 Å². The van der Waals surface area contributed by atoms with Crippen LogP contribution in [0.3, 0.4) is 0 Å². The van der Waals surface area contributed by atoms with Gasteiger partial charge in [-0.25, -0.2) is 0 Å². The molecular weight excluding hydrogens is 192 g/mol.